The summed E-state index contributed by atoms with van der Waals surface area (Å²) in [5.74, 6) is 1.57. The van der Waals surface area contributed by atoms with E-state index in [1.54, 1.807) is 7.11 Å². The van der Waals surface area contributed by atoms with Crippen molar-refractivity contribution in [1.29, 1.82) is 0 Å². The second-order valence-corrected chi connectivity index (χ2v) is 4.07. The Morgan fingerprint density at radius 1 is 1.20 bits per heavy atom. The van der Waals surface area contributed by atoms with Crippen LogP contribution in [0.25, 0.3) is 0 Å². The molecule has 0 unspecified atom stereocenters. The van der Waals surface area contributed by atoms with Crippen molar-refractivity contribution in [2.75, 3.05) is 19.5 Å². The van der Waals surface area contributed by atoms with Crippen LogP contribution in [0.2, 0.25) is 0 Å². The largest absolute Gasteiger partial charge is 0.373 e. The zero-order valence-corrected chi connectivity index (χ0v) is 10.3. The lowest BCUT2D eigenvalue weighted by Crippen LogP contribution is -2.24. The Hall–Kier alpha value is -1.16. The summed E-state index contributed by atoms with van der Waals surface area (Å²) in [5.41, 5.74) is 1.60. The summed E-state index contributed by atoms with van der Waals surface area (Å²) in [6.45, 7) is 7.89. The van der Waals surface area contributed by atoms with E-state index < -0.39 is 5.60 Å². The maximum absolute atomic E-state index is 5.37. The molecule has 1 rings (SSSR count). The molecular formula is C11H19N3O. The van der Waals surface area contributed by atoms with Crippen LogP contribution in [0.3, 0.4) is 0 Å². The smallest absolute Gasteiger partial charge is 0.162 e. The number of nitrogens with one attached hydrogen (secondary N) is 1. The Morgan fingerprint density at radius 3 is 2.27 bits per heavy atom. The number of hydrogen-bond donors (Lipinski definition) is 1. The van der Waals surface area contributed by atoms with Crippen molar-refractivity contribution in [1.82, 2.24) is 9.97 Å². The van der Waals surface area contributed by atoms with E-state index in [9.17, 15) is 0 Å². The van der Waals surface area contributed by atoms with Gasteiger partial charge >= 0.3 is 0 Å². The molecule has 1 heterocycles. The number of rotatable bonds is 3. The maximum atomic E-state index is 5.37. The molecule has 15 heavy (non-hydrogen) atoms. The number of methoxy groups -OCH3 is 1. The molecule has 0 amide bonds. The molecule has 0 aliphatic carbocycles. The minimum atomic E-state index is -0.454. The third-order valence-electron chi connectivity index (χ3n) is 2.67. The van der Waals surface area contributed by atoms with Gasteiger partial charge in [-0.2, -0.15) is 0 Å². The molecule has 4 nitrogen and oxygen atoms in total. The molecule has 0 aliphatic rings. The van der Waals surface area contributed by atoms with Gasteiger partial charge in [0.15, 0.2) is 5.82 Å². The normalized spacial score (nSPS) is 11.6. The van der Waals surface area contributed by atoms with Crippen molar-refractivity contribution in [2.24, 2.45) is 0 Å². The minimum absolute atomic E-state index is 0.454. The minimum Gasteiger partial charge on any atom is -0.373 e. The number of ether oxygens (including phenoxy) is 1. The zero-order chi connectivity index (χ0) is 11.6. The fraction of sp³-hybridized carbons (Fsp3) is 0.636. The molecule has 1 aromatic rings. The molecule has 0 atom stereocenters. The quantitative estimate of drug-likeness (QED) is 0.827. The summed E-state index contributed by atoms with van der Waals surface area (Å²) in [7, 11) is 3.52. The zero-order valence-electron chi connectivity index (χ0n) is 10.3. The lowest BCUT2D eigenvalue weighted by molar-refractivity contribution is 0.0114. The molecule has 0 spiro atoms. The summed E-state index contributed by atoms with van der Waals surface area (Å²) in [6.07, 6.45) is 0. The molecule has 0 saturated heterocycles. The molecular weight excluding hydrogens is 190 g/mol. The predicted octanol–water partition coefficient (Wildman–Crippen LogP) is 2.02. The molecule has 84 valence electrons. The van der Waals surface area contributed by atoms with Gasteiger partial charge in [0.1, 0.15) is 11.4 Å². The number of nitrogens with zero attached hydrogens (tertiary/aromatic N) is 2. The molecule has 0 saturated carbocycles. The lowest BCUT2D eigenvalue weighted by atomic mass is 10.1. The van der Waals surface area contributed by atoms with Gasteiger partial charge in [-0.25, -0.2) is 9.97 Å². The molecule has 4 heteroatoms. The number of anilines is 1. The van der Waals surface area contributed by atoms with E-state index in [1.165, 1.54) is 0 Å². The van der Waals surface area contributed by atoms with E-state index in [2.05, 4.69) is 15.3 Å². The van der Waals surface area contributed by atoms with Crippen LogP contribution in [-0.4, -0.2) is 24.1 Å². The molecule has 1 N–H and O–H groups in total. The van der Waals surface area contributed by atoms with Crippen LogP contribution in [0.4, 0.5) is 5.82 Å². The number of hydrogen-bond acceptors (Lipinski definition) is 4. The molecule has 0 bridgehead atoms. The van der Waals surface area contributed by atoms with Crippen molar-refractivity contribution in [3.63, 3.8) is 0 Å². The van der Waals surface area contributed by atoms with Crippen LogP contribution in [0.1, 0.15) is 30.9 Å². The Bertz CT molecular complexity index is 361. The molecule has 1 aromatic heterocycles. The summed E-state index contributed by atoms with van der Waals surface area (Å²) in [5, 5.41) is 3.07. The first kappa shape index (κ1) is 11.9. The Morgan fingerprint density at radius 2 is 1.80 bits per heavy atom. The van der Waals surface area contributed by atoms with Crippen LogP contribution in [0, 0.1) is 13.8 Å². The maximum Gasteiger partial charge on any atom is 0.162 e. The number of aryl methyl sites for hydroxylation is 1. The Balaban J connectivity index is 3.28. The molecule has 0 fully saturated rings. The monoisotopic (exact) mass is 209 g/mol. The van der Waals surface area contributed by atoms with E-state index in [0.29, 0.717) is 5.82 Å². The second kappa shape index (κ2) is 4.14. The van der Waals surface area contributed by atoms with Gasteiger partial charge in [-0.1, -0.05) is 0 Å². The SMILES string of the molecule is CNc1nc(C(C)(C)OC)nc(C)c1C. The summed E-state index contributed by atoms with van der Waals surface area (Å²) >= 11 is 0. The van der Waals surface area contributed by atoms with Crippen LogP contribution in [0.15, 0.2) is 0 Å². The third kappa shape index (κ3) is 2.26. The van der Waals surface area contributed by atoms with E-state index >= 15 is 0 Å². The van der Waals surface area contributed by atoms with Crippen molar-refractivity contribution in [3.8, 4) is 0 Å². The highest BCUT2D eigenvalue weighted by atomic mass is 16.5. The first-order valence-corrected chi connectivity index (χ1v) is 5.01. The third-order valence-corrected chi connectivity index (χ3v) is 2.67. The van der Waals surface area contributed by atoms with Gasteiger partial charge in [0.25, 0.3) is 0 Å². The van der Waals surface area contributed by atoms with E-state index in [4.69, 9.17) is 4.74 Å². The standard InChI is InChI=1S/C11H19N3O/c1-7-8(2)13-10(11(3,4)15-6)14-9(7)12-5/h1-6H3,(H,12,13,14). The average molecular weight is 209 g/mol. The van der Waals surface area contributed by atoms with Gasteiger partial charge in [-0.05, 0) is 27.7 Å². The van der Waals surface area contributed by atoms with E-state index in [-0.39, 0.29) is 0 Å². The molecule has 0 radical (unpaired) electrons. The summed E-state index contributed by atoms with van der Waals surface area (Å²) < 4.78 is 5.37. The van der Waals surface area contributed by atoms with Gasteiger partial charge in [0, 0.05) is 25.4 Å². The first-order chi connectivity index (χ1) is 6.92. The van der Waals surface area contributed by atoms with E-state index in [1.807, 2.05) is 34.7 Å². The topological polar surface area (TPSA) is 47.0 Å². The predicted molar refractivity (Wildman–Crippen MR) is 61.1 cm³/mol. The summed E-state index contributed by atoms with van der Waals surface area (Å²) in [4.78, 5) is 8.89. The van der Waals surface area contributed by atoms with Gasteiger partial charge in [-0.15, -0.1) is 0 Å². The fourth-order valence-corrected chi connectivity index (χ4v) is 1.23. The number of aromatic nitrogens is 2. The van der Waals surface area contributed by atoms with Crippen LogP contribution >= 0.6 is 0 Å². The van der Waals surface area contributed by atoms with Crippen LogP contribution in [0.5, 0.6) is 0 Å². The average Bonchev–Trinajstić information content (AvgIpc) is 2.21. The van der Waals surface area contributed by atoms with Gasteiger partial charge in [0.05, 0.1) is 0 Å². The van der Waals surface area contributed by atoms with Gasteiger partial charge < -0.3 is 10.1 Å². The van der Waals surface area contributed by atoms with Crippen molar-refractivity contribution in [2.45, 2.75) is 33.3 Å². The Kier molecular flexibility index (Phi) is 3.29. The van der Waals surface area contributed by atoms with Crippen molar-refractivity contribution < 1.29 is 4.74 Å². The highest BCUT2D eigenvalue weighted by Gasteiger charge is 2.24. The highest BCUT2D eigenvalue weighted by molar-refractivity contribution is 5.45. The van der Waals surface area contributed by atoms with Gasteiger partial charge in [-0.3, -0.25) is 0 Å². The Labute approximate surface area is 91.1 Å². The van der Waals surface area contributed by atoms with E-state index in [0.717, 1.165) is 17.1 Å². The molecule has 0 aromatic carbocycles. The molecule has 0 aliphatic heterocycles. The van der Waals surface area contributed by atoms with Crippen LogP contribution < -0.4 is 5.32 Å². The lowest BCUT2D eigenvalue weighted by Gasteiger charge is -2.22. The fourth-order valence-electron chi connectivity index (χ4n) is 1.23. The van der Waals surface area contributed by atoms with Gasteiger partial charge in [0.2, 0.25) is 0 Å². The summed E-state index contributed by atoms with van der Waals surface area (Å²) in [6, 6.07) is 0. The second-order valence-electron chi connectivity index (χ2n) is 4.07. The highest BCUT2D eigenvalue weighted by Crippen LogP contribution is 2.23. The van der Waals surface area contributed by atoms with Crippen molar-refractivity contribution >= 4 is 5.82 Å². The first-order valence-electron chi connectivity index (χ1n) is 5.01. The van der Waals surface area contributed by atoms with Crippen molar-refractivity contribution in [3.05, 3.63) is 17.1 Å². The van der Waals surface area contributed by atoms with Crippen LogP contribution in [-0.2, 0) is 10.3 Å².